The molecular formula is C16H25N. The summed E-state index contributed by atoms with van der Waals surface area (Å²) in [6.45, 7) is 5.71. The van der Waals surface area contributed by atoms with E-state index >= 15 is 0 Å². The largest absolute Gasteiger partial charge is 0.314 e. The van der Waals surface area contributed by atoms with Crippen molar-refractivity contribution in [3.05, 3.63) is 35.9 Å². The summed E-state index contributed by atoms with van der Waals surface area (Å²) in [5.41, 5.74) is 1.54. The molecule has 1 aliphatic rings. The summed E-state index contributed by atoms with van der Waals surface area (Å²) < 4.78 is 0. The van der Waals surface area contributed by atoms with Crippen molar-refractivity contribution in [1.29, 1.82) is 0 Å². The van der Waals surface area contributed by atoms with Crippen LogP contribution < -0.4 is 5.32 Å². The predicted octanol–water partition coefficient (Wildman–Crippen LogP) is 3.96. The van der Waals surface area contributed by atoms with Crippen molar-refractivity contribution in [2.75, 3.05) is 6.54 Å². The van der Waals surface area contributed by atoms with Gasteiger partial charge >= 0.3 is 0 Å². The molecule has 3 atom stereocenters. The lowest BCUT2D eigenvalue weighted by Crippen LogP contribution is -2.32. The Balaban J connectivity index is 1.90. The molecule has 2 rings (SSSR count). The van der Waals surface area contributed by atoms with E-state index in [1.807, 2.05) is 0 Å². The second-order valence-electron chi connectivity index (χ2n) is 5.27. The fourth-order valence-corrected chi connectivity index (χ4v) is 2.85. The fraction of sp³-hybridized carbons (Fsp3) is 0.625. The van der Waals surface area contributed by atoms with Gasteiger partial charge in [-0.2, -0.15) is 0 Å². The Morgan fingerprint density at radius 2 is 1.94 bits per heavy atom. The highest BCUT2D eigenvalue weighted by Gasteiger charge is 2.42. The number of nitrogens with one attached hydrogen (secondary N) is 1. The van der Waals surface area contributed by atoms with Crippen molar-refractivity contribution >= 4 is 0 Å². The molecule has 0 aromatic heterocycles. The van der Waals surface area contributed by atoms with Gasteiger partial charge in [-0.15, -0.1) is 0 Å². The molecule has 1 heteroatoms. The first-order valence-corrected chi connectivity index (χ1v) is 7.15. The van der Waals surface area contributed by atoms with Gasteiger partial charge in [0.25, 0.3) is 0 Å². The summed E-state index contributed by atoms with van der Waals surface area (Å²) >= 11 is 0. The van der Waals surface area contributed by atoms with Gasteiger partial charge in [-0.25, -0.2) is 0 Å². The van der Waals surface area contributed by atoms with Crippen LogP contribution in [0.3, 0.4) is 0 Å². The standard InChI is InChI=1S/C16H25N/c1-3-8-16(17-11-4-2)15-12-14(15)13-9-6-5-7-10-13/h5-7,9-10,14-17H,3-4,8,11-12H2,1-2H3. The predicted molar refractivity (Wildman–Crippen MR) is 74.3 cm³/mol. The molecule has 0 aliphatic heterocycles. The third-order valence-corrected chi connectivity index (χ3v) is 3.84. The van der Waals surface area contributed by atoms with E-state index in [4.69, 9.17) is 0 Å². The van der Waals surface area contributed by atoms with Gasteiger partial charge in [0.15, 0.2) is 0 Å². The number of rotatable bonds is 7. The number of hydrogen-bond donors (Lipinski definition) is 1. The van der Waals surface area contributed by atoms with Gasteiger partial charge in [0.1, 0.15) is 0 Å². The molecule has 3 unspecified atom stereocenters. The molecule has 1 aromatic rings. The van der Waals surface area contributed by atoms with Crippen LogP contribution >= 0.6 is 0 Å². The van der Waals surface area contributed by atoms with Crippen LogP contribution in [0.25, 0.3) is 0 Å². The van der Waals surface area contributed by atoms with Gasteiger partial charge in [0.2, 0.25) is 0 Å². The molecule has 1 aliphatic carbocycles. The lowest BCUT2D eigenvalue weighted by Gasteiger charge is -2.18. The highest BCUT2D eigenvalue weighted by molar-refractivity contribution is 5.26. The molecule has 94 valence electrons. The van der Waals surface area contributed by atoms with Crippen LogP contribution in [0.5, 0.6) is 0 Å². The van der Waals surface area contributed by atoms with Crippen LogP contribution in [0.2, 0.25) is 0 Å². The van der Waals surface area contributed by atoms with E-state index in [1.165, 1.54) is 37.8 Å². The molecule has 1 fully saturated rings. The van der Waals surface area contributed by atoms with E-state index in [0.29, 0.717) is 0 Å². The SMILES string of the molecule is CCCNC(CCC)C1CC1c1ccccc1. The normalized spacial score (nSPS) is 24.6. The minimum absolute atomic E-state index is 0.741. The Hall–Kier alpha value is -0.820. The minimum atomic E-state index is 0.741. The Bertz CT molecular complexity index is 320. The number of benzene rings is 1. The molecule has 1 N–H and O–H groups in total. The van der Waals surface area contributed by atoms with Crippen molar-refractivity contribution in [1.82, 2.24) is 5.32 Å². The van der Waals surface area contributed by atoms with Gasteiger partial charge < -0.3 is 5.32 Å². The summed E-state index contributed by atoms with van der Waals surface area (Å²) in [6, 6.07) is 11.8. The topological polar surface area (TPSA) is 12.0 Å². The molecule has 0 heterocycles. The van der Waals surface area contributed by atoms with Crippen molar-refractivity contribution in [2.24, 2.45) is 5.92 Å². The van der Waals surface area contributed by atoms with Gasteiger partial charge in [-0.1, -0.05) is 50.6 Å². The number of hydrogen-bond acceptors (Lipinski definition) is 1. The van der Waals surface area contributed by atoms with Gasteiger partial charge in [-0.3, -0.25) is 0 Å². The summed E-state index contributed by atoms with van der Waals surface area (Å²) in [5.74, 6) is 1.70. The molecular weight excluding hydrogens is 206 g/mol. The van der Waals surface area contributed by atoms with Crippen LogP contribution in [0.4, 0.5) is 0 Å². The van der Waals surface area contributed by atoms with E-state index in [9.17, 15) is 0 Å². The Labute approximate surface area is 106 Å². The molecule has 0 radical (unpaired) electrons. The van der Waals surface area contributed by atoms with E-state index < -0.39 is 0 Å². The van der Waals surface area contributed by atoms with Crippen molar-refractivity contribution in [3.8, 4) is 0 Å². The van der Waals surface area contributed by atoms with Gasteiger partial charge in [0, 0.05) is 6.04 Å². The summed E-state index contributed by atoms with van der Waals surface area (Å²) in [7, 11) is 0. The third kappa shape index (κ3) is 3.32. The van der Waals surface area contributed by atoms with E-state index in [-0.39, 0.29) is 0 Å². The van der Waals surface area contributed by atoms with Crippen LogP contribution in [0.1, 0.15) is 51.0 Å². The monoisotopic (exact) mass is 231 g/mol. The zero-order chi connectivity index (χ0) is 12.1. The average molecular weight is 231 g/mol. The van der Waals surface area contributed by atoms with Gasteiger partial charge in [-0.05, 0) is 43.2 Å². The second-order valence-corrected chi connectivity index (χ2v) is 5.27. The zero-order valence-corrected chi connectivity index (χ0v) is 11.2. The maximum absolute atomic E-state index is 3.73. The Morgan fingerprint density at radius 1 is 1.18 bits per heavy atom. The van der Waals surface area contributed by atoms with Crippen LogP contribution in [-0.4, -0.2) is 12.6 Å². The molecule has 1 saturated carbocycles. The molecule has 1 aromatic carbocycles. The summed E-state index contributed by atoms with van der Waals surface area (Å²) in [6.07, 6.45) is 5.24. The van der Waals surface area contributed by atoms with Crippen LogP contribution in [0.15, 0.2) is 30.3 Å². The molecule has 0 amide bonds. The van der Waals surface area contributed by atoms with Crippen molar-refractivity contribution in [3.63, 3.8) is 0 Å². The molecule has 17 heavy (non-hydrogen) atoms. The lowest BCUT2D eigenvalue weighted by molar-refractivity contribution is 0.425. The van der Waals surface area contributed by atoms with Crippen molar-refractivity contribution in [2.45, 2.75) is 51.5 Å². The van der Waals surface area contributed by atoms with E-state index in [0.717, 1.165) is 17.9 Å². The van der Waals surface area contributed by atoms with Crippen LogP contribution in [0, 0.1) is 5.92 Å². The highest BCUT2D eigenvalue weighted by Crippen LogP contribution is 2.50. The maximum Gasteiger partial charge on any atom is 0.0101 e. The van der Waals surface area contributed by atoms with E-state index in [1.54, 1.807) is 0 Å². The summed E-state index contributed by atoms with van der Waals surface area (Å²) in [4.78, 5) is 0. The lowest BCUT2D eigenvalue weighted by atomic mass is 10.0. The second kappa shape index (κ2) is 6.20. The first kappa shape index (κ1) is 12.6. The highest BCUT2D eigenvalue weighted by atomic mass is 14.9. The summed E-state index contributed by atoms with van der Waals surface area (Å²) in [5, 5.41) is 3.73. The van der Waals surface area contributed by atoms with Crippen molar-refractivity contribution < 1.29 is 0 Å². The third-order valence-electron chi connectivity index (χ3n) is 3.84. The molecule has 0 bridgehead atoms. The maximum atomic E-state index is 3.73. The molecule has 1 nitrogen and oxygen atoms in total. The van der Waals surface area contributed by atoms with E-state index in [2.05, 4.69) is 49.5 Å². The molecule has 0 spiro atoms. The minimum Gasteiger partial charge on any atom is -0.314 e. The fourth-order valence-electron chi connectivity index (χ4n) is 2.85. The first-order chi connectivity index (χ1) is 8.36. The van der Waals surface area contributed by atoms with Crippen LogP contribution in [-0.2, 0) is 0 Å². The first-order valence-electron chi connectivity index (χ1n) is 7.15. The Morgan fingerprint density at radius 3 is 2.59 bits per heavy atom. The average Bonchev–Trinajstić information content (AvgIpc) is 3.16. The van der Waals surface area contributed by atoms with Gasteiger partial charge in [0.05, 0.1) is 0 Å². The smallest absolute Gasteiger partial charge is 0.0101 e. The molecule has 0 saturated heterocycles. The quantitative estimate of drug-likeness (QED) is 0.749. The Kier molecular flexibility index (Phi) is 4.61. The zero-order valence-electron chi connectivity index (χ0n) is 11.2.